The number of benzene rings is 6. The molecular formula is C56H64Cl2N4O4Ti. The van der Waals surface area contributed by atoms with Gasteiger partial charge in [0.2, 0.25) is 0 Å². The van der Waals surface area contributed by atoms with Gasteiger partial charge in [0.25, 0.3) is 0 Å². The third-order valence-corrected chi connectivity index (χ3v) is 10.6. The van der Waals surface area contributed by atoms with E-state index in [1.165, 1.54) is 0 Å². The molecule has 0 unspecified atom stereocenters. The summed E-state index contributed by atoms with van der Waals surface area (Å²) in [5, 5.41) is 42.5. The zero-order chi connectivity index (χ0) is 49.7. The topological polar surface area (TPSA) is 130 Å². The van der Waals surface area contributed by atoms with Crippen molar-refractivity contribution in [2.75, 3.05) is 0 Å². The van der Waals surface area contributed by atoms with Crippen LogP contribution in [-0.4, -0.2) is 45.3 Å². The van der Waals surface area contributed by atoms with Crippen LogP contribution >= 0.6 is 18.6 Å². The van der Waals surface area contributed by atoms with Crippen molar-refractivity contribution < 1.29 is 37.5 Å². The molecule has 0 radical (unpaired) electrons. The Kier molecular flexibility index (Phi) is 19.0. The summed E-state index contributed by atoms with van der Waals surface area (Å²) >= 11 is -0.556. The summed E-state index contributed by atoms with van der Waals surface area (Å²) in [5.41, 5.74) is 8.55. The van der Waals surface area contributed by atoms with Crippen molar-refractivity contribution in [3.63, 3.8) is 0 Å². The Morgan fingerprint density at radius 3 is 0.701 bits per heavy atom. The predicted molar refractivity (Wildman–Crippen MR) is 281 cm³/mol. The van der Waals surface area contributed by atoms with E-state index in [2.05, 4.69) is 103 Å². The monoisotopic (exact) mass is 974 g/mol. The van der Waals surface area contributed by atoms with Crippen molar-refractivity contribution in [3.05, 3.63) is 166 Å². The standard InChI is InChI=1S/2C28H32N2O2.2ClH.Ti/c2*1-27(2,3)23-14-7-10-19(25(23)31)17-29-21-12-9-13-22(16-21)30-18-20-11-8-15-24(26(20)32)28(4,5)6;;;/h2*7-18,31-32H,1-6H3;2*1H;/q;;;;+2/p-2. The molecule has 0 aliphatic heterocycles. The molecule has 6 aromatic carbocycles. The Morgan fingerprint density at radius 2 is 0.522 bits per heavy atom. The molecule has 8 nitrogen and oxygen atoms in total. The average Bonchev–Trinajstić information content (AvgIpc) is 3.24. The fraction of sp³-hybridized carbons (Fsp3) is 0.286. The van der Waals surface area contributed by atoms with Gasteiger partial charge in [-0.25, -0.2) is 0 Å². The number of aliphatic imine (C=N–C) groups is 4. The minimum absolute atomic E-state index is 0.154. The van der Waals surface area contributed by atoms with Gasteiger partial charge in [0.1, 0.15) is 23.0 Å². The molecule has 6 aromatic rings. The van der Waals surface area contributed by atoms with E-state index in [4.69, 9.17) is 18.6 Å². The first-order valence-corrected chi connectivity index (χ1v) is 26.3. The predicted octanol–water partition coefficient (Wildman–Crippen LogP) is 15.8. The van der Waals surface area contributed by atoms with Gasteiger partial charge < -0.3 is 20.4 Å². The number of aromatic hydroxyl groups is 4. The van der Waals surface area contributed by atoms with E-state index in [9.17, 15) is 20.4 Å². The average molecular weight is 976 g/mol. The Morgan fingerprint density at radius 1 is 0.343 bits per heavy atom. The summed E-state index contributed by atoms with van der Waals surface area (Å²) in [6, 6.07) is 37.9. The number of phenolic OH excluding ortho intramolecular Hbond substituents is 4. The maximum absolute atomic E-state index is 10.6. The number of nitrogens with zero attached hydrogens (tertiary/aromatic N) is 4. The molecule has 0 bridgehead atoms. The second-order valence-electron chi connectivity index (χ2n) is 20.1. The number of rotatable bonds is 8. The van der Waals surface area contributed by atoms with Crippen LogP contribution in [0.15, 0.2) is 141 Å². The third-order valence-electron chi connectivity index (χ3n) is 10.6. The van der Waals surface area contributed by atoms with Crippen LogP contribution in [-0.2, 0) is 38.7 Å². The molecule has 0 amide bonds. The maximum atomic E-state index is 10.6. The Hall–Kier alpha value is -5.51. The summed E-state index contributed by atoms with van der Waals surface area (Å²) in [6.07, 6.45) is 6.69. The van der Waals surface area contributed by atoms with Gasteiger partial charge in [-0.1, -0.05) is 144 Å². The minimum atomic E-state index is -0.556. The summed E-state index contributed by atoms with van der Waals surface area (Å²) in [4.78, 5) is 18.1. The van der Waals surface area contributed by atoms with Crippen LogP contribution in [0.4, 0.5) is 22.7 Å². The SMILES string of the molecule is CC(C)(C)c1cccc(C=Nc2cccc(N=Cc3cccc(C(C)(C)C)c3O)c2)c1O.CC(C)(C)c1cccc(C=Nc2cccc(N=Cc3cccc(C(C)(C)C)c3O)c2)c1O.[Cl][Ti][Cl]. The van der Waals surface area contributed by atoms with E-state index in [0.29, 0.717) is 22.3 Å². The number of hydrogen-bond acceptors (Lipinski definition) is 8. The molecular weight excluding hydrogens is 911 g/mol. The number of halogens is 2. The zero-order valence-corrected chi connectivity index (χ0v) is 43.8. The third kappa shape index (κ3) is 15.8. The molecule has 0 atom stereocenters. The zero-order valence-electron chi connectivity index (χ0n) is 40.7. The molecule has 0 aromatic heterocycles. The van der Waals surface area contributed by atoms with E-state index in [-0.39, 0.29) is 44.7 Å². The molecule has 0 aliphatic carbocycles. The number of hydrogen-bond donors (Lipinski definition) is 4. The second kappa shape index (κ2) is 23.5. The molecule has 4 N–H and O–H groups in total. The van der Waals surface area contributed by atoms with Crippen LogP contribution in [0, 0.1) is 0 Å². The van der Waals surface area contributed by atoms with Gasteiger partial charge in [-0.3, -0.25) is 20.0 Å². The van der Waals surface area contributed by atoms with Crippen LogP contribution in [0.2, 0.25) is 0 Å². The molecule has 0 spiro atoms. The Labute approximate surface area is 414 Å². The van der Waals surface area contributed by atoms with Gasteiger partial charge >= 0.3 is 35.6 Å². The Bertz CT molecular complexity index is 2370. The van der Waals surface area contributed by atoms with Crippen LogP contribution in [0.3, 0.4) is 0 Å². The molecule has 67 heavy (non-hydrogen) atoms. The molecule has 6 rings (SSSR count). The summed E-state index contributed by atoms with van der Waals surface area (Å²) in [6.45, 7) is 24.8. The van der Waals surface area contributed by atoms with Gasteiger partial charge in [-0.2, -0.15) is 0 Å². The van der Waals surface area contributed by atoms with E-state index >= 15 is 0 Å². The second-order valence-corrected chi connectivity index (χ2v) is 22.7. The summed E-state index contributed by atoms with van der Waals surface area (Å²) in [5.74, 6) is 1.03. The van der Waals surface area contributed by atoms with Gasteiger partial charge in [0.05, 0.1) is 22.7 Å². The quantitative estimate of drug-likeness (QED) is 0.0894. The first-order chi connectivity index (χ1) is 31.3. The van der Waals surface area contributed by atoms with Crippen LogP contribution in [0.5, 0.6) is 23.0 Å². The summed E-state index contributed by atoms with van der Waals surface area (Å²) in [7, 11) is 9.78. The van der Waals surface area contributed by atoms with E-state index < -0.39 is 17.0 Å². The summed E-state index contributed by atoms with van der Waals surface area (Å²) < 4.78 is 0. The van der Waals surface area contributed by atoms with Crippen molar-refractivity contribution in [1.82, 2.24) is 0 Å². The molecule has 0 saturated heterocycles. The Balaban J connectivity index is 0.000000276. The van der Waals surface area contributed by atoms with Crippen LogP contribution in [0.1, 0.15) is 128 Å². The van der Waals surface area contributed by atoms with Crippen molar-refractivity contribution in [2.24, 2.45) is 20.0 Å². The van der Waals surface area contributed by atoms with E-state index in [0.717, 1.165) is 45.0 Å². The number of para-hydroxylation sites is 4. The van der Waals surface area contributed by atoms with Gasteiger partial charge in [-0.15, -0.1) is 0 Å². The molecule has 0 heterocycles. The molecule has 0 fully saturated rings. The van der Waals surface area contributed by atoms with Crippen LogP contribution < -0.4 is 0 Å². The van der Waals surface area contributed by atoms with Crippen molar-refractivity contribution >= 4 is 66.2 Å². The van der Waals surface area contributed by atoms with Gasteiger partial charge in [-0.05, 0) is 105 Å². The van der Waals surface area contributed by atoms with Gasteiger partial charge in [0.15, 0.2) is 0 Å². The fourth-order valence-corrected chi connectivity index (χ4v) is 6.97. The van der Waals surface area contributed by atoms with Gasteiger partial charge in [0, 0.05) is 47.1 Å². The molecule has 11 heteroatoms. The van der Waals surface area contributed by atoms with E-state index in [1.54, 1.807) is 24.9 Å². The number of phenols is 4. The van der Waals surface area contributed by atoms with Crippen molar-refractivity contribution in [3.8, 4) is 23.0 Å². The van der Waals surface area contributed by atoms with Crippen molar-refractivity contribution in [1.29, 1.82) is 0 Å². The van der Waals surface area contributed by atoms with Crippen molar-refractivity contribution in [2.45, 2.75) is 105 Å². The fourth-order valence-electron chi connectivity index (χ4n) is 6.97. The molecule has 350 valence electrons. The first kappa shape index (κ1) is 54.1. The molecule has 0 aliphatic rings. The van der Waals surface area contributed by atoms with Crippen LogP contribution in [0.25, 0.3) is 0 Å². The normalized spacial score (nSPS) is 12.3. The van der Waals surface area contributed by atoms with E-state index in [1.807, 2.05) is 121 Å². The molecule has 0 saturated carbocycles. The first-order valence-electron chi connectivity index (χ1n) is 22.0.